The molecule has 1 unspecified atom stereocenters. The lowest BCUT2D eigenvalue weighted by Gasteiger charge is -2.34. The zero-order chi connectivity index (χ0) is 13.6. The van der Waals surface area contributed by atoms with Crippen LogP contribution in [-0.2, 0) is 19.6 Å². The number of esters is 1. The molecule has 0 spiro atoms. The molecule has 2 N–H and O–H groups in total. The number of methoxy groups -OCH3 is 1. The lowest BCUT2D eigenvalue weighted by atomic mass is 10.0. The van der Waals surface area contributed by atoms with Gasteiger partial charge in [0.15, 0.2) is 0 Å². The molecule has 1 fully saturated rings. The van der Waals surface area contributed by atoms with E-state index in [1.807, 2.05) is 0 Å². The summed E-state index contributed by atoms with van der Waals surface area (Å²) in [6.45, 7) is 1.02. The maximum absolute atomic E-state index is 12.2. The first-order chi connectivity index (χ1) is 8.51. The highest BCUT2D eigenvalue weighted by molar-refractivity contribution is 7.89. The second-order valence-corrected chi connectivity index (χ2v) is 6.52. The lowest BCUT2D eigenvalue weighted by molar-refractivity contribution is -0.140. The molecular formula is C11H22N2O4S. The zero-order valence-corrected chi connectivity index (χ0v) is 11.6. The van der Waals surface area contributed by atoms with Crippen LogP contribution in [0.5, 0.6) is 0 Å². The highest BCUT2D eigenvalue weighted by Crippen LogP contribution is 2.23. The second kappa shape index (κ2) is 7.06. The van der Waals surface area contributed by atoms with Crippen LogP contribution in [-0.4, -0.2) is 50.7 Å². The summed E-state index contributed by atoms with van der Waals surface area (Å²) in [6.07, 6.45) is 3.35. The predicted octanol–water partition coefficient (Wildman–Crippen LogP) is 0.0826. The highest BCUT2D eigenvalue weighted by atomic mass is 32.2. The third-order valence-electron chi connectivity index (χ3n) is 3.22. The Hall–Kier alpha value is -0.660. The first-order valence-corrected chi connectivity index (χ1v) is 7.88. The van der Waals surface area contributed by atoms with E-state index in [1.165, 1.54) is 11.4 Å². The van der Waals surface area contributed by atoms with Gasteiger partial charge >= 0.3 is 5.97 Å². The van der Waals surface area contributed by atoms with E-state index in [-0.39, 0.29) is 18.2 Å². The first kappa shape index (κ1) is 15.4. The zero-order valence-electron chi connectivity index (χ0n) is 10.8. The summed E-state index contributed by atoms with van der Waals surface area (Å²) < 4.78 is 30.3. The Morgan fingerprint density at radius 2 is 2.17 bits per heavy atom. The fourth-order valence-corrected chi connectivity index (χ4v) is 3.98. The quantitative estimate of drug-likeness (QED) is 0.695. The number of nitrogens with two attached hydrogens (primary N) is 1. The van der Waals surface area contributed by atoms with Crippen LogP contribution in [0.15, 0.2) is 0 Å². The van der Waals surface area contributed by atoms with E-state index in [9.17, 15) is 13.2 Å². The molecule has 0 amide bonds. The van der Waals surface area contributed by atoms with Crippen molar-refractivity contribution in [1.29, 1.82) is 0 Å². The molecule has 0 aromatic rings. The SMILES string of the molecule is COC(=O)CCS(=O)(=O)N1CCCCC1CCN. The van der Waals surface area contributed by atoms with Gasteiger partial charge in [0.1, 0.15) is 0 Å². The number of ether oxygens (including phenoxy) is 1. The van der Waals surface area contributed by atoms with Gasteiger partial charge in [0.05, 0.1) is 19.3 Å². The average Bonchev–Trinajstić information content (AvgIpc) is 2.37. The molecule has 106 valence electrons. The van der Waals surface area contributed by atoms with Gasteiger partial charge < -0.3 is 10.5 Å². The molecule has 18 heavy (non-hydrogen) atoms. The molecule has 0 saturated carbocycles. The van der Waals surface area contributed by atoms with Gasteiger partial charge in [-0.2, -0.15) is 4.31 Å². The molecular weight excluding hydrogens is 256 g/mol. The summed E-state index contributed by atoms with van der Waals surface area (Å²) in [6, 6.07) is -0.00797. The van der Waals surface area contributed by atoms with Gasteiger partial charge in [-0.3, -0.25) is 4.79 Å². The molecule has 0 radical (unpaired) electrons. The van der Waals surface area contributed by atoms with Crippen LogP contribution in [0.1, 0.15) is 32.1 Å². The minimum absolute atomic E-state index is 0.00797. The van der Waals surface area contributed by atoms with E-state index in [0.717, 1.165) is 19.3 Å². The molecule has 1 rings (SSSR count). The van der Waals surface area contributed by atoms with Crippen molar-refractivity contribution in [3.8, 4) is 0 Å². The fraction of sp³-hybridized carbons (Fsp3) is 0.909. The lowest BCUT2D eigenvalue weighted by Crippen LogP contribution is -2.45. The third kappa shape index (κ3) is 4.22. The van der Waals surface area contributed by atoms with Gasteiger partial charge in [-0.05, 0) is 25.8 Å². The summed E-state index contributed by atoms with van der Waals surface area (Å²) in [5, 5.41) is 0. The summed E-state index contributed by atoms with van der Waals surface area (Å²) in [5.41, 5.74) is 5.51. The summed E-state index contributed by atoms with van der Waals surface area (Å²) in [5.74, 6) is -0.674. The molecule has 0 bridgehead atoms. The fourth-order valence-electron chi connectivity index (χ4n) is 2.25. The van der Waals surface area contributed by atoms with Gasteiger partial charge in [-0.15, -0.1) is 0 Å². The maximum atomic E-state index is 12.2. The molecule has 0 aromatic carbocycles. The molecule has 7 heteroatoms. The number of nitrogens with zero attached hydrogens (tertiary/aromatic N) is 1. The van der Waals surface area contributed by atoms with Crippen LogP contribution in [0, 0.1) is 0 Å². The van der Waals surface area contributed by atoms with E-state index in [2.05, 4.69) is 4.74 Å². The molecule has 1 aliphatic heterocycles. The Kier molecular flexibility index (Phi) is 6.04. The van der Waals surface area contributed by atoms with Crippen molar-refractivity contribution in [3.63, 3.8) is 0 Å². The van der Waals surface area contributed by atoms with Gasteiger partial charge in [0, 0.05) is 12.6 Å². The van der Waals surface area contributed by atoms with Crippen molar-refractivity contribution in [2.24, 2.45) is 5.73 Å². The largest absolute Gasteiger partial charge is 0.469 e. The Labute approximate surface area is 109 Å². The molecule has 0 aliphatic carbocycles. The van der Waals surface area contributed by atoms with Crippen molar-refractivity contribution in [1.82, 2.24) is 4.31 Å². The molecule has 1 saturated heterocycles. The predicted molar refractivity (Wildman–Crippen MR) is 68.4 cm³/mol. The van der Waals surface area contributed by atoms with Gasteiger partial charge in [-0.25, -0.2) is 8.42 Å². The van der Waals surface area contributed by atoms with Crippen LogP contribution >= 0.6 is 0 Å². The third-order valence-corrected chi connectivity index (χ3v) is 5.14. The molecule has 1 atom stereocenters. The monoisotopic (exact) mass is 278 g/mol. The van der Waals surface area contributed by atoms with Crippen molar-refractivity contribution in [2.75, 3.05) is 26.0 Å². The molecule has 1 heterocycles. The van der Waals surface area contributed by atoms with E-state index in [1.54, 1.807) is 0 Å². The van der Waals surface area contributed by atoms with E-state index >= 15 is 0 Å². The minimum atomic E-state index is -3.38. The summed E-state index contributed by atoms with van der Waals surface area (Å²) in [7, 11) is -2.13. The number of rotatable bonds is 6. The Bertz CT molecular complexity index is 367. The Balaban J connectivity index is 2.65. The van der Waals surface area contributed by atoms with Gasteiger partial charge in [0.25, 0.3) is 0 Å². The van der Waals surface area contributed by atoms with Crippen LogP contribution in [0.2, 0.25) is 0 Å². The number of carbonyl (C=O) groups excluding carboxylic acids is 1. The number of carbonyl (C=O) groups is 1. The van der Waals surface area contributed by atoms with Crippen molar-refractivity contribution in [2.45, 2.75) is 38.1 Å². The van der Waals surface area contributed by atoms with E-state index in [0.29, 0.717) is 19.5 Å². The molecule has 1 aliphatic rings. The second-order valence-electron chi connectivity index (χ2n) is 4.48. The normalized spacial score (nSPS) is 21.8. The van der Waals surface area contributed by atoms with Crippen LogP contribution in [0.25, 0.3) is 0 Å². The maximum Gasteiger partial charge on any atom is 0.306 e. The van der Waals surface area contributed by atoms with Gasteiger partial charge in [-0.1, -0.05) is 6.42 Å². The Morgan fingerprint density at radius 3 is 2.78 bits per heavy atom. The first-order valence-electron chi connectivity index (χ1n) is 6.27. The Morgan fingerprint density at radius 1 is 1.44 bits per heavy atom. The van der Waals surface area contributed by atoms with E-state index < -0.39 is 16.0 Å². The van der Waals surface area contributed by atoms with Gasteiger partial charge in [0.2, 0.25) is 10.0 Å². The van der Waals surface area contributed by atoms with Crippen molar-refractivity contribution < 1.29 is 17.9 Å². The average molecular weight is 278 g/mol. The smallest absolute Gasteiger partial charge is 0.306 e. The number of hydrogen-bond acceptors (Lipinski definition) is 5. The number of hydrogen-bond donors (Lipinski definition) is 1. The number of piperidine rings is 1. The van der Waals surface area contributed by atoms with Crippen LogP contribution < -0.4 is 5.73 Å². The minimum Gasteiger partial charge on any atom is -0.469 e. The highest BCUT2D eigenvalue weighted by Gasteiger charge is 2.31. The summed E-state index contributed by atoms with van der Waals surface area (Å²) in [4.78, 5) is 11.0. The van der Waals surface area contributed by atoms with Crippen LogP contribution in [0.3, 0.4) is 0 Å². The van der Waals surface area contributed by atoms with Crippen molar-refractivity contribution in [3.05, 3.63) is 0 Å². The number of sulfonamides is 1. The topological polar surface area (TPSA) is 89.7 Å². The molecule has 6 nitrogen and oxygen atoms in total. The summed E-state index contributed by atoms with van der Waals surface area (Å²) >= 11 is 0. The molecule has 0 aromatic heterocycles. The standard InChI is InChI=1S/C11H22N2O4S/c1-17-11(14)6-9-18(15,16)13-8-3-2-4-10(13)5-7-12/h10H,2-9,12H2,1H3. The van der Waals surface area contributed by atoms with Crippen molar-refractivity contribution >= 4 is 16.0 Å². The van der Waals surface area contributed by atoms with Crippen LogP contribution in [0.4, 0.5) is 0 Å². The van der Waals surface area contributed by atoms with E-state index in [4.69, 9.17) is 5.73 Å².